The summed E-state index contributed by atoms with van der Waals surface area (Å²) in [6.45, 7) is 7.53. The Morgan fingerprint density at radius 1 is 1.12 bits per heavy atom. The van der Waals surface area contributed by atoms with Crippen molar-refractivity contribution in [3.8, 4) is 0 Å². The summed E-state index contributed by atoms with van der Waals surface area (Å²) in [6, 6.07) is -1.19. The summed E-state index contributed by atoms with van der Waals surface area (Å²) in [6.07, 6.45) is 1.52. The van der Waals surface area contributed by atoms with Crippen LogP contribution in [0.1, 0.15) is 40.5 Å². The highest BCUT2D eigenvalue weighted by Gasteiger charge is 2.25. The van der Waals surface area contributed by atoms with Crippen LogP contribution in [-0.4, -0.2) is 29.2 Å². The number of hydrogen-bond acceptors (Lipinski definition) is 2. The average molecular weight is 230 g/mol. The van der Waals surface area contributed by atoms with Gasteiger partial charge in [-0.1, -0.05) is 27.2 Å². The molecule has 0 aromatic rings. The molecule has 2 amide bonds. The molecule has 0 heterocycles. The molecule has 0 aromatic heterocycles. The summed E-state index contributed by atoms with van der Waals surface area (Å²) >= 11 is 0. The summed E-state index contributed by atoms with van der Waals surface area (Å²) in [5.41, 5.74) is 0. The Hall–Kier alpha value is -1.26. The fraction of sp³-hybridized carbons (Fsp3) is 0.818. The molecule has 16 heavy (non-hydrogen) atoms. The molecule has 0 saturated heterocycles. The second-order valence-electron chi connectivity index (χ2n) is 4.13. The molecule has 0 radical (unpaired) electrons. The number of nitrogens with one attached hydrogen (secondary N) is 2. The smallest absolute Gasteiger partial charge is 0.326 e. The molecule has 94 valence electrons. The van der Waals surface area contributed by atoms with E-state index in [1.54, 1.807) is 0 Å². The van der Waals surface area contributed by atoms with Crippen molar-refractivity contribution < 1.29 is 14.7 Å². The predicted molar refractivity (Wildman–Crippen MR) is 62.3 cm³/mol. The third-order valence-electron chi connectivity index (χ3n) is 2.76. The van der Waals surface area contributed by atoms with E-state index in [0.29, 0.717) is 6.42 Å². The first-order chi connectivity index (χ1) is 7.42. The third-order valence-corrected chi connectivity index (χ3v) is 2.76. The van der Waals surface area contributed by atoms with E-state index in [-0.39, 0.29) is 12.0 Å². The molecule has 0 aliphatic heterocycles. The van der Waals surface area contributed by atoms with E-state index >= 15 is 0 Å². The number of amides is 2. The maximum Gasteiger partial charge on any atom is 0.326 e. The van der Waals surface area contributed by atoms with Crippen LogP contribution in [0.5, 0.6) is 0 Å². The Kier molecular flexibility index (Phi) is 6.53. The lowest BCUT2D eigenvalue weighted by molar-refractivity contribution is -0.140. The summed E-state index contributed by atoms with van der Waals surface area (Å²) in [7, 11) is 0. The van der Waals surface area contributed by atoms with E-state index in [1.807, 2.05) is 27.7 Å². The second-order valence-corrected chi connectivity index (χ2v) is 4.13. The standard InChI is InChI=1S/C11H22N2O3/c1-5-7(3)9(10(14)15)13-11(16)12-8(4)6-2/h7-9H,5-6H2,1-4H3,(H,14,15)(H2,12,13,16). The number of carboxylic acids is 1. The molecule has 0 rings (SSSR count). The Balaban J connectivity index is 4.30. The van der Waals surface area contributed by atoms with Crippen LogP contribution in [0.4, 0.5) is 4.79 Å². The maximum atomic E-state index is 11.5. The van der Waals surface area contributed by atoms with Crippen LogP contribution >= 0.6 is 0 Å². The zero-order valence-electron chi connectivity index (χ0n) is 10.4. The Bertz CT molecular complexity index is 243. The first-order valence-corrected chi connectivity index (χ1v) is 5.72. The van der Waals surface area contributed by atoms with Gasteiger partial charge in [-0.3, -0.25) is 0 Å². The van der Waals surface area contributed by atoms with E-state index < -0.39 is 18.0 Å². The first kappa shape index (κ1) is 14.7. The van der Waals surface area contributed by atoms with Gasteiger partial charge >= 0.3 is 12.0 Å². The predicted octanol–water partition coefficient (Wildman–Crippen LogP) is 1.58. The van der Waals surface area contributed by atoms with Gasteiger partial charge in [0.25, 0.3) is 0 Å². The van der Waals surface area contributed by atoms with Gasteiger partial charge < -0.3 is 15.7 Å². The number of rotatable bonds is 6. The fourth-order valence-corrected chi connectivity index (χ4v) is 1.19. The summed E-state index contributed by atoms with van der Waals surface area (Å²) < 4.78 is 0. The van der Waals surface area contributed by atoms with Gasteiger partial charge in [0.2, 0.25) is 0 Å². The van der Waals surface area contributed by atoms with E-state index in [2.05, 4.69) is 10.6 Å². The SMILES string of the molecule is CCC(C)NC(=O)NC(C(=O)O)C(C)CC. The molecule has 0 saturated carbocycles. The molecule has 3 N–H and O–H groups in total. The van der Waals surface area contributed by atoms with Crippen molar-refractivity contribution in [2.45, 2.75) is 52.6 Å². The number of carbonyl (C=O) groups is 2. The molecule has 0 aromatic carbocycles. The zero-order chi connectivity index (χ0) is 12.7. The zero-order valence-corrected chi connectivity index (χ0v) is 10.4. The summed E-state index contributed by atoms with van der Waals surface area (Å²) in [5, 5.41) is 14.1. The Morgan fingerprint density at radius 3 is 2.06 bits per heavy atom. The lowest BCUT2D eigenvalue weighted by Crippen LogP contribution is -2.50. The van der Waals surface area contributed by atoms with Gasteiger partial charge in [0, 0.05) is 6.04 Å². The number of hydrogen-bond donors (Lipinski definition) is 3. The van der Waals surface area contributed by atoms with Crippen molar-refractivity contribution in [1.82, 2.24) is 10.6 Å². The van der Waals surface area contributed by atoms with Crippen molar-refractivity contribution in [3.63, 3.8) is 0 Å². The Morgan fingerprint density at radius 2 is 1.69 bits per heavy atom. The number of carbonyl (C=O) groups excluding carboxylic acids is 1. The molecule has 0 aliphatic rings. The summed E-state index contributed by atoms with van der Waals surface area (Å²) in [4.78, 5) is 22.4. The van der Waals surface area contributed by atoms with Gasteiger partial charge in [-0.25, -0.2) is 9.59 Å². The molecular formula is C11H22N2O3. The molecule has 5 heteroatoms. The normalized spacial score (nSPS) is 16.0. The molecule has 3 atom stereocenters. The maximum absolute atomic E-state index is 11.5. The van der Waals surface area contributed by atoms with Crippen molar-refractivity contribution >= 4 is 12.0 Å². The topological polar surface area (TPSA) is 78.4 Å². The lowest BCUT2D eigenvalue weighted by atomic mass is 9.99. The highest BCUT2D eigenvalue weighted by atomic mass is 16.4. The van der Waals surface area contributed by atoms with E-state index in [1.165, 1.54) is 0 Å². The molecular weight excluding hydrogens is 208 g/mol. The quantitative estimate of drug-likeness (QED) is 0.648. The van der Waals surface area contributed by atoms with Gasteiger partial charge in [0.05, 0.1) is 0 Å². The molecule has 0 fully saturated rings. The van der Waals surface area contributed by atoms with Crippen LogP contribution in [0, 0.1) is 5.92 Å². The van der Waals surface area contributed by atoms with Crippen LogP contribution in [0.3, 0.4) is 0 Å². The second kappa shape index (κ2) is 7.09. The van der Waals surface area contributed by atoms with Crippen LogP contribution in [-0.2, 0) is 4.79 Å². The highest BCUT2D eigenvalue weighted by Crippen LogP contribution is 2.07. The first-order valence-electron chi connectivity index (χ1n) is 5.72. The molecule has 0 spiro atoms. The van der Waals surface area contributed by atoms with E-state index in [9.17, 15) is 9.59 Å². The minimum Gasteiger partial charge on any atom is -0.480 e. The molecule has 0 aliphatic carbocycles. The van der Waals surface area contributed by atoms with E-state index in [0.717, 1.165) is 6.42 Å². The largest absolute Gasteiger partial charge is 0.480 e. The Labute approximate surface area is 96.6 Å². The minimum absolute atomic E-state index is 0.0476. The van der Waals surface area contributed by atoms with Crippen molar-refractivity contribution in [2.75, 3.05) is 0 Å². The lowest BCUT2D eigenvalue weighted by Gasteiger charge is -2.21. The van der Waals surface area contributed by atoms with Gasteiger partial charge in [-0.05, 0) is 19.3 Å². The monoisotopic (exact) mass is 230 g/mol. The fourth-order valence-electron chi connectivity index (χ4n) is 1.19. The molecule has 0 bridgehead atoms. The van der Waals surface area contributed by atoms with Crippen LogP contribution in [0.25, 0.3) is 0 Å². The summed E-state index contributed by atoms with van der Waals surface area (Å²) in [5.74, 6) is -1.08. The highest BCUT2D eigenvalue weighted by molar-refractivity contribution is 5.82. The molecule has 5 nitrogen and oxygen atoms in total. The number of aliphatic carboxylic acids is 1. The number of urea groups is 1. The van der Waals surface area contributed by atoms with Crippen molar-refractivity contribution in [1.29, 1.82) is 0 Å². The van der Waals surface area contributed by atoms with Crippen LogP contribution in [0.15, 0.2) is 0 Å². The van der Waals surface area contributed by atoms with Crippen molar-refractivity contribution in [3.05, 3.63) is 0 Å². The van der Waals surface area contributed by atoms with Gasteiger partial charge in [-0.15, -0.1) is 0 Å². The van der Waals surface area contributed by atoms with Gasteiger partial charge in [0.1, 0.15) is 6.04 Å². The van der Waals surface area contributed by atoms with Crippen LogP contribution < -0.4 is 10.6 Å². The molecule has 3 unspecified atom stereocenters. The average Bonchev–Trinajstić information content (AvgIpc) is 2.24. The number of carboxylic acid groups (broad SMARTS) is 1. The minimum atomic E-state index is -0.992. The van der Waals surface area contributed by atoms with Crippen LogP contribution in [0.2, 0.25) is 0 Å². The van der Waals surface area contributed by atoms with Gasteiger partial charge in [0.15, 0.2) is 0 Å². The van der Waals surface area contributed by atoms with Crippen molar-refractivity contribution in [2.24, 2.45) is 5.92 Å². The van der Waals surface area contributed by atoms with Gasteiger partial charge in [-0.2, -0.15) is 0 Å². The van der Waals surface area contributed by atoms with E-state index in [4.69, 9.17) is 5.11 Å². The third kappa shape index (κ3) is 5.00.